The second kappa shape index (κ2) is 6.25. The van der Waals surface area contributed by atoms with Crippen molar-refractivity contribution in [2.45, 2.75) is 33.1 Å². The first-order chi connectivity index (χ1) is 10.3. The number of esters is 1. The van der Waals surface area contributed by atoms with Crippen LogP contribution in [0.3, 0.4) is 0 Å². The highest BCUT2D eigenvalue weighted by atomic mass is 79.9. The van der Waals surface area contributed by atoms with Gasteiger partial charge in [-0.1, -0.05) is 61.0 Å². The van der Waals surface area contributed by atoms with Gasteiger partial charge in [-0.2, -0.15) is 0 Å². The molecule has 0 saturated heterocycles. The van der Waals surface area contributed by atoms with E-state index >= 15 is 0 Å². The van der Waals surface area contributed by atoms with Gasteiger partial charge in [0.25, 0.3) is 0 Å². The molecule has 0 aliphatic rings. The molecule has 0 radical (unpaired) electrons. The van der Waals surface area contributed by atoms with Gasteiger partial charge < -0.3 is 4.74 Å². The molecule has 3 heteroatoms. The summed E-state index contributed by atoms with van der Waals surface area (Å²) in [5, 5.41) is 0. The van der Waals surface area contributed by atoms with Gasteiger partial charge in [-0.15, -0.1) is 0 Å². The van der Waals surface area contributed by atoms with E-state index in [1.807, 2.05) is 12.1 Å². The van der Waals surface area contributed by atoms with Gasteiger partial charge in [0.05, 0.1) is 12.7 Å². The lowest BCUT2D eigenvalue weighted by Gasteiger charge is -2.22. The highest BCUT2D eigenvalue weighted by molar-refractivity contribution is 9.10. The third kappa shape index (κ3) is 3.25. The van der Waals surface area contributed by atoms with Crippen LogP contribution in [0, 0.1) is 6.92 Å². The van der Waals surface area contributed by atoms with Gasteiger partial charge in [-0.25, -0.2) is 4.79 Å². The zero-order chi connectivity index (χ0) is 16.5. The van der Waals surface area contributed by atoms with Crippen molar-refractivity contribution in [2.24, 2.45) is 0 Å². The number of benzene rings is 2. The summed E-state index contributed by atoms with van der Waals surface area (Å²) < 4.78 is 5.79. The minimum atomic E-state index is -0.325. The fourth-order valence-corrected chi connectivity index (χ4v) is 3.35. The van der Waals surface area contributed by atoms with Crippen LogP contribution in [-0.2, 0) is 10.2 Å². The van der Waals surface area contributed by atoms with Crippen molar-refractivity contribution in [2.75, 3.05) is 7.11 Å². The smallest absolute Gasteiger partial charge is 0.338 e. The van der Waals surface area contributed by atoms with Gasteiger partial charge in [-0.05, 0) is 41.2 Å². The molecule has 2 aromatic rings. The predicted octanol–water partition coefficient (Wildman–Crippen LogP) is 5.51. The van der Waals surface area contributed by atoms with E-state index in [9.17, 15) is 4.79 Å². The normalized spacial score (nSPS) is 11.4. The van der Waals surface area contributed by atoms with Crippen LogP contribution in [0.1, 0.15) is 42.3 Å². The Morgan fingerprint density at radius 2 is 1.82 bits per heavy atom. The van der Waals surface area contributed by atoms with E-state index in [1.165, 1.54) is 18.2 Å². The van der Waals surface area contributed by atoms with Crippen LogP contribution in [0.25, 0.3) is 11.1 Å². The summed E-state index contributed by atoms with van der Waals surface area (Å²) in [5.41, 5.74) is 5.08. The van der Waals surface area contributed by atoms with Crippen molar-refractivity contribution >= 4 is 21.9 Å². The van der Waals surface area contributed by atoms with Crippen LogP contribution >= 0.6 is 15.9 Å². The number of halogens is 1. The van der Waals surface area contributed by atoms with Crippen LogP contribution < -0.4 is 0 Å². The molecule has 0 unspecified atom stereocenters. The number of aryl methyl sites for hydroxylation is 1. The van der Waals surface area contributed by atoms with Crippen molar-refractivity contribution in [3.8, 4) is 11.1 Å². The molecule has 2 rings (SSSR count). The molecule has 0 spiro atoms. The summed E-state index contributed by atoms with van der Waals surface area (Å²) in [6.07, 6.45) is 0. The molecule has 0 N–H and O–H groups in total. The van der Waals surface area contributed by atoms with E-state index in [4.69, 9.17) is 4.74 Å². The maximum Gasteiger partial charge on any atom is 0.338 e. The highest BCUT2D eigenvalue weighted by Gasteiger charge is 2.19. The molecular weight excluding hydrogens is 340 g/mol. The van der Waals surface area contributed by atoms with Crippen molar-refractivity contribution in [3.05, 3.63) is 57.6 Å². The summed E-state index contributed by atoms with van der Waals surface area (Å²) in [6.45, 7) is 8.71. The quantitative estimate of drug-likeness (QED) is 0.660. The Labute approximate surface area is 140 Å². The highest BCUT2D eigenvalue weighted by Crippen LogP contribution is 2.35. The third-order valence-corrected chi connectivity index (χ3v) is 4.40. The zero-order valence-corrected chi connectivity index (χ0v) is 15.2. The van der Waals surface area contributed by atoms with Gasteiger partial charge in [0, 0.05) is 10.0 Å². The van der Waals surface area contributed by atoms with Crippen LogP contribution in [0.2, 0.25) is 0 Å². The SMILES string of the molecule is COC(=O)c1cccc(Br)c1-c1ccc(C(C)(C)C)c(C)c1. The molecule has 2 nitrogen and oxygen atoms in total. The molecular formula is C19H21BrO2. The molecule has 0 atom stereocenters. The lowest BCUT2D eigenvalue weighted by atomic mass is 9.83. The first kappa shape index (κ1) is 16.8. The first-order valence-electron chi connectivity index (χ1n) is 7.24. The fourth-order valence-electron chi connectivity index (χ4n) is 2.76. The monoisotopic (exact) mass is 360 g/mol. The second-order valence-corrected chi connectivity index (χ2v) is 7.29. The number of carbonyl (C=O) groups excluding carboxylic acids is 1. The van der Waals surface area contributed by atoms with Gasteiger partial charge in [-0.3, -0.25) is 0 Å². The Kier molecular flexibility index (Phi) is 4.76. The third-order valence-electron chi connectivity index (χ3n) is 3.74. The van der Waals surface area contributed by atoms with Crippen LogP contribution in [-0.4, -0.2) is 13.1 Å². The molecule has 0 saturated carbocycles. The number of hydrogen-bond donors (Lipinski definition) is 0. The van der Waals surface area contributed by atoms with E-state index in [-0.39, 0.29) is 11.4 Å². The Balaban J connectivity index is 2.63. The second-order valence-electron chi connectivity index (χ2n) is 6.43. The van der Waals surface area contributed by atoms with Crippen molar-refractivity contribution in [3.63, 3.8) is 0 Å². The molecule has 0 fully saturated rings. The summed E-state index contributed by atoms with van der Waals surface area (Å²) in [6, 6.07) is 11.9. The first-order valence-corrected chi connectivity index (χ1v) is 8.03. The van der Waals surface area contributed by atoms with E-state index in [0.29, 0.717) is 5.56 Å². The maximum atomic E-state index is 12.0. The van der Waals surface area contributed by atoms with Crippen LogP contribution in [0.5, 0.6) is 0 Å². The Bertz CT molecular complexity index is 712. The summed E-state index contributed by atoms with van der Waals surface area (Å²) >= 11 is 3.56. The fraction of sp³-hybridized carbons (Fsp3) is 0.316. The largest absolute Gasteiger partial charge is 0.465 e. The predicted molar refractivity (Wildman–Crippen MR) is 94.4 cm³/mol. The Morgan fingerprint density at radius 3 is 2.36 bits per heavy atom. The Hall–Kier alpha value is -1.61. The molecule has 0 aliphatic carbocycles. The number of rotatable bonds is 2. The number of ether oxygens (including phenoxy) is 1. The molecule has 0 amide bonds. The molecule has 0 bridgehead atoms. The number of methoxy groups -OCH3 is 1. The molecule has 0 aromatic heterocycles. The minimum absolute atomic E-state index is 0.0989. The maximum absolute atomic E-state index is 12.0. The topological polar surface area (TPSA) is 26.3 Å². The molecule has 22 heavy (non-hydrogen) atoms. The lowest BCUT2D eigenvalue weighted by Crippen LogP contribution is -2.13. The van der Waals surface area contributed by atoms with Gasteiger partial charge in [0.15, 0.2) is 0 Å². The summed E-state index contributed by atoms with van der Waals surface area (Å²) in [7, 11) is 1.40. The summed E-state index contributed by atoms with van der Waals surface area (Å²) in [5.74, 6) is -0.325. The summed E-state index contributed by atoms with van der Waals surface area (Å²) in [4.78, 5) is 12.0. The average molecular weight is 361 g/mol. The minimum Gasteiger partial charge on any atom is -0.465 e. The number of hydrogen-bond acceptors (Lipinski definition) is 2. The molecule has 0 heterocycles. The van der Waals surface area contributed by atoms with E-state index < -0.39 is 0 Å². The number of carbonyl (C=O) groups is 1. The van der Waals surface area contributed by atoms with Crippen LogP contribution in [0.15, 0.2) is 40.9 Å². The van der Waals surface area contributed by atoms with Crippen molar-refractivity contribution in [1.29, 1.82) is 0 Å². The zero-order valence-electron chi connectivity index (χ0n) is 13.7. The van der Waals surface area contributed by atoms with E-state index in [0.717, 1.165) is 15.6 Å². The van der Waals surface area contributed by atoms with Gasteiger partial charge in [0.2, 0.25) is 0 Å². The average Bonchev–Trinajstić information content (AvgIpc) is 2.44. The van der Waals surface area contributed by atoms with Gasteiger partial charge >= 0.3 is 5.97 Å². The van der Waals surface area contributed by atoms with Crippen LogP contribution in [0.4, 0.5) is 0 Å². The van der Waals surface area contributed by atoms with E-state index in [2.05, 4.69) is 61.8 Å². The van der Waals surface area contributed by atoms with Gasteiger partial charge in [0.1, 0.15) is 0 Å². The standard InChI is InChI=1S/C19H21BrO2/c1-12-11-13(9-10-15(12)19(2,3)4)17-14(18(21)22-5)7-6-8-16(17)20/h6-11H,1-5H3. The van der Waals surface area contributed by atoms with E-state index in [1.54, 1.807) is 6.07 Å². The Morgan fingerprint density at radius 1 is 1.14 bits per heavy atom. The molecule has 2 aromatic carbocycles. The van der Waals surface area contributed by atoms with Crippen molar-refractivity contribution < 1.29 is 9.53 Å². The van der Waals surface area contributed by atoms with Crippen molar-refractivity contribution in [1.82, 2.24) is 0 Å². The molecule has 116 valence electrons. The lowest BCUT2D eigenvalue weighted by molar-refractivity contribution is 0.0601. The molecule has 0 aliphatic heterocycles.